The summed E-state index contributed by atoms with van der Waals surface area (Å²) in [6.45, 7) is 6.75. The molecular weight excluding hydrogens is 438 g/mol. The Morgan fingerprint density at radius 3 is 2.42 bits per heavy atom. The number of nitrogens with zero attached hydrogens (tertiary/aromatic N) is 2. The van der Waals surface area contributed by atoms with E-state index in [0.29, 0.717) is 23.8 Å². The van der Waals surface area contributed by atoms with Crippen LogP contribution in [0.4, 0.5) is 5.69 Å². The highest BCUT2D eigenvalue weighted by Crippen LogP contribution is 2.30. The summed E-state index contributed by atoms with van der Waals surface area (Å²) >= 11 is 1.37. The highest BCUT2D eigenvalue weighted by atomic mass is 32.2. The van der Waals surface area contributed by atoms with Gasteiger partial charge in [-0.2, -0.15) is 0 Å². The summed E-state index contributed by atoms with van der Waals surface area (Å²) in [5, 5.41) is 3.64. The van der Waals surface area contributed by atoms with Crippen LogP contribution in [0.25, 0.3) is 0 Å². The Morgan fingerprint density at radius 2 is 1.76 bits per heavy atom. The van der Waals surface area contributed by atoms with E-state index in [0.717, 1.165) is 34.9 Å². The first-order valence-corrected chi connectivity index (χ1v) is 11.9. The van der Waals surface area contributed by atoms with Crippen molar-refractivity contribution in [3.63, 3.8) is 0 Å². The molecule has 0 saturated carbocycles. The third-order valence-corrected chi connectivity index (χ3v) is 5.84. The SMILES string of the molecule is CCCCOc1ccc(C2=NC(C)(C)N=C2SCC(=O)Nc2ccc(OC)cc2OC)cc1. The molecule has 0 bridgehead atoms. The molecule has 0 radical (unpaired) electrons. The number of hydrogen-bond acceptors (Lipinski definition) is 7. The van der Waals surface area contributed by atoms with Crippen molar-refractivity contribution in [1.29, 1.82) is 0 Å². The Labute approximate surface area is 199 Å². The van der Waals surface area contributed by atoms with Gasteiger partial charge < -0.3 is 19.5 Å². The number of ether oxygens (including phenoxy) is 3. The maximum Gasteiger partial charge on any atom is 0.234 e. The van der Waals surface area contributed by atoms with Gasteiger partial charge in [0, 0.05) is 11.6 Å². The molecule has 7 nitrogen and oxygen atoms in total. The number of benzene rings is 2. The Bertz CT molecular complexity index is 1030. The zero-order valence-corrected chi connectivity index (χ0v) is 20.6. The van der Waals surface area contributed by atoms with Crippen LogP contribution in [0.5, 0.6) is 17.2 Å². The van der Waals surface area contributed by atoms with Crippen LogP contribution in [0.2, 0.25) is 0 Å². The Kier molecular flexibility index (Phi) is 8.38. The molecule has 0 atom stereocenters. The molecule has 33 heavy (non-hydrogen) atoms. The number of aliphatic imine (C=N–C) groups is 2. The van der Waals surface area contributed by atoms with Crippen molar-refractivity contribution in [2.45, 2.75) is 39.3 Å². The van der Waals surface area contributed by atoms with Gasteiger partial charge in [0.25, 0.3) is 0 Å². The lowest BCUT2D eigenvalue weighted by molar-refractivity contribution is -0.113. The summed E-state index contributed by atoms with van der Waals surface area (Å²) in [7, 11) is 3.14. The van der Waals surface area contributed by atoms with Crippen molar-refractivity contribution in [2.24, 2.45) is 9.98 Å². The fraction of sp³-hybridized carbons (Fsp3) is 0.400. The predicted octanol–water partition coefficient (Wildman–Crippen LogP) is 5.19. The van der Waals surface area contributed by atoms with Gasteiger partial charge in [-0.3, -0.25) is 9.79 Å². The minimum Gasteiger partial charge on any atom is -0.497 e. The maximum absolute atomic E-state index is 12.6. The summed E-state index contributed by atoms with van der Waals surface area (Å²) in [5.41, 5.74) is 1.76. The molecule has 1 amide bonds. The third kappa shape index (κ3) is 6.74. The van der Waals surface area contributed by atoms with Crippen LogP contribution >= 0.6 is 11.8 Å². The number of nitrogens with one attached hydrogen (secondary N) is 1. The fourth-order valence-electron chi connectivity index (χ4n) is 3.20. The zero-order valence-electron chi connectivity index (χ0n) is 19.8. The average molecular weight is 470 g/mol. The fourth-order valence-corrected chi connectivity index (χ4v) is 4.13. The van der Waals surface area contributed by atoms with Gasteiger partial charge in [-0.1, -0.05) is 25.1 Å². The maximum atomic E-state index is 12.6. The van der Waals surface area contributed by atoms with E-state index in [1.54, 1.807) is 32.4 Å². The van der Waals surface area contributed by atoms with Crippen molar-refractivity contribution in [3.05, 3.63) is 48.0 Å². The highest BCUT2D eigenvalue weighted by molar-refractivity contribution is 8.16. The molecule has 8 heteroatoms. The number of hydrogen-bond donors (Lipinski definition) is 1. The Balaban J connectivity index is 1.65. The third-order valence-electron chi connectivity index (χ3n) is 4.88. The molecule has 1 N–H and O–H groups in total. The van der Waals surface area contributed by atoms with Crippen LogP contribution in [0.3, 0.4) is 0 Å². The van der Waals surface area contributed by atoms with E-state index in [1.807, 2.05) is 38.1 Å². The number of rotatable bonds is 10. The first kappa shape index (κ1) is 24.6. The topological polar surface area (TPSA) is 81.5 Å². The minimum absolute atomic E-state index is 0.158. The molecule has 2 aromatic carbocycles. The largest absolute Gasteiger partial charge is 0.497 e. The molecule has 0 unspecified atom stereocenters. The summed E-state index contributed by atoms with van der Waals surface area (Å²) in [6.07, 6.45) is 2.13. The molecule has 1 heterocycles. The molecule has 0 aliphatic carbocycles. The van der Waals surface area contributed by atoms with E-state index >= 15 is 0 Å². The first-order valence-electron chi connectivity index (χ1n) is 10.9. The van der Waals surface area contributed by atoms with Crippen LogP contribution in [0, 0.1) is 0 Å². The lowest BCUT2D eigenvalue weighted by Gasteiger charge is -2.12. The van der Waals surface area contributed by atoms with Gasteiger partial charge in [0.2, 0.25) is 5.91 Å². The number of anilines is 1. The summed E-state index contributed by atoms with van der Waals surface area (Å²) in [5.74, 6) is 2.07. The quantitative estimate of drug-likeness (QED) is 0.484. The molecule has 2 aromatic rings. The molecule has 3 rings (SSSR count). The first-order chi connectivity index (χ1) is 15.8. The van der Waals surface area contributed by atoms with Gasteiger partial charge in [-0.15, -0.1) is 0 Å². The van der Waals surface area contributed by atoms with Gasteiger partial charge in [-0.05, 0) is 56.7 Å². The molecule has 176 valence electrons. The van der Waals surface area contributed by atoms with E-state index < -0.39 is 5.66 Å². The number of carbonyl (C=O) groups excluding carboxylic acids is 1. The number of amides is 1. The monoisotopic (exact) mass is 469 g/mol. The van der Waals surface area contributed by atoms with E-state index in [4.69, 9.17) is 24.2 Å². The van der Waals surface area contributed by atoms with Gasteiger partial charge in [-0.25, -0.2) is 4.99 Å². The second kappa shape index (κ2) is 11.2. The van der Waals surface area contributed by atoms with Crippen LogP contribution in [-0.2, 0) is 4.79 Å². The molecule has 0 spiro atoms. The standard InChI is InChI=1S/C25H31N3O4S/c1-6-7-14-32-18-10-8-17(9-11-18)23-24(28-25(2,3)27-23)33-16-22(29)26-20-13-12-19(30-4)15-21(20)31-5/h8-13,15H,6-7,14,16H2,1-5H3,(H,26,29). The zero-order chi connectivity index (χ0) is 23.8. The summed E-state index contributed by atoms with van der Waals surface area (Å²) in [4.78, 5) is 22.1. The molecular formula is C25H31N3O4S. The number of methoxy groups -OCH3 is 2. The molecule has 0 aromatic heterocycles. The highest BCUT2D eigenvalue weighted by Gasteiger charge is 2.28. The Morgan fingerprint density at radius 1 is 1.03 bits per heavy atom. The van der Waals surface area contributed by atoms with Crippen molar-refractivity contribution in [2.75, 3.05) is 31.9 Å². The summed E-state index contributed by atoms with van der Waals surface area (Å²) in [6, 6.07) is 13.1. The van der Waals surface area contributed by atoms with Crippen molar-refractivity contribution in [1.82, 2.24) is 0 Å². The molecule has 0 fully saturated rings. The van der Waals surface area contributed by atoms with Gasteiger partial charge >= 0.3 is 0 Å². The van der Waals surface area contributed by atoms with Crippen molar-refractivity contribution >= 4 is 34.1 Å². The number of carbonyl (C=O) groups is 1. The van der Waals surface area contributed by atoms with E-state index in [9.17, 15) is 4.79 Å². The van der Waals surface area contributed by atoms with Gasteiger partial charge in [0.15, 0.2) is 0 Å². The smallest absolute Gasteiger partial charge is 0.234 e. The van der Waals surface area contributed by atoms with Crippen LogP contribution < -0.4 is 19.5 Å². The Hall–Kier alpha value is -3.00. The van der Waals surface area contributed by atoms with Gasteiger partial charge in [0.05, 0.1) is 38.0 Å². The normalized spacial score (nSPS) is 14.3. The molecule has 0 saturated heterocycles. The summed E-state index contributed by atoms with van der Waals surface area (Å²) < 4.78 is 16.3. The second-order valence-electron chi connectivity index (χ2n) is 8.00. The van der Waals surface area contributed by atoms with E-state index in [-0.39, 0.29) is 11.7 Å². The van der Waals surface area contributed by atoms with Crippen LogP contribution in [0.1, 0.15) is 39.2 Å². The van der Waals surface area contributed by atoms with Crippen LogP contribution in [0.15, 0.2) is 52.4 Å². The van der Waals surface area contributed by atoms with E-state index in [2.05, 4.69) is 12.2 Å². The molecule has 1 aliphatic rings. The molecule has 1 aliphatic heterocycles. The van der Waals surface area contributed by atoms with E-state index in [1.165, 1.54) is 11.8 Å². The number of thioether (sulfide) groups is 1. The predicted molar refractivity (Wildman–Crippen MR) is 136 cm³/mol. The average Bonchev–Trinajstić information content (AvgIpc) is 3.13. The lowest BCUT2D eigenvalue weighted by Crippen LogP contribution is -2.18. The van der Waals surface area contributed by atoms with Crippen molar-refractivity contribution in [3.8, 4) is 17.2 Å². The minimum atomic E-state index is -0.566. The van der Waals surface area contributed by atoms with Gasteiger partial charge in [0.1, 0.15) is 28.0 Å². The van der Waals surface area contributed by atoms with Crippen molar-refractivity contribution < 1.29 is 19.0 Å². The second-order valence-corrected chi connectivity index (χ2v) is 8.97. The number of unbranched alkanes of at least 4 members (excludes halogenated alkanes) is 1. The van der Waals surface area contributed by atoms with Crippen LogP contribution in [-0.4, -0.2) is 48.9 Å². The lowest BCUT2D eigenvalue weighted by atomic mass is 10.1.